The van der Waals surface area contributed by atoms with Crippen LogP contribution in [0.1, 0.15) is 20.8 Å². The van der Waals surface area contributed by atoms with Gasteiger partial charge in [-0.1, -0.05) is 30.3 Å². The van der Waals surface area contributed by atoms with Crippen LogP contribution in [0.15, 0.2) is 47.5 Å². The Morgan fingerprint density at radius 2 is 1.85 bits per heavy atom. The first-order valence-corrected chi connectivity index (χ1v) is 9.44. The molecule has 0 unspecified atom stereocenters. The molecule has 0 radical (unpaired) electrons. The van der Waals surface area contributed by atoms with Gasteiger partial charge in [0, 0.05) is 24.8 Å². The van der Waals surface area contributed by atoms with Crippen molar-refractivity contribution >= 4 is 21.8 Å². The van der Waals surface area contributed by atoms with Gasteiger partial charge >= 0.3 is 5.97 Å². The number of nitrogens with one attached hydrogen (secondary N) is 1. The van der Waals surface area contributed by atoms with Crippen LogP contribution in [-0.4, -0.2) is 62.4 Å². The lowest BCUT2D eigenvalue weighted by Crippen LogP contribution is -2.40. The van der Waals surface area contributed by atoms with Crippen molar-refractivity contribution < 1.29 is 27.5 Å². The van der Waals surface area contributed by atoms with E-state index in [2.05, 4.69) is 4.98 Å². The van der Waals surface area contributed by atoms with Crippen LogP contribution in [0, 0.1) is 0 Å². The van der Waals surface area contributed by atoms with Gasteiger partial charge in [0.15, 0.2) is 12.4 Å². The topological polar surface area (TPSA) is 106 Å². The zero-order valence-electron chi connectivity index (χ0n) is 13.9. The number of ether oxygens (including phenoxy) is 2. The highest BCUT2D eigenvalue weighted by Gasteiger charge is 2.28. The molecule has 0 atom stereocenters. The summed E-state index contributed by atoms with van der Waals surface area (Å²) < 4.78 is 36.4. The van der Waals surface area contributed by atoms with Crippen LogP contribution in [0.4, 0.5) is 0 Å². The number of hydrogen-bond acceptors (Lipinski definition) is 6. The molecule has 26 heavy (non-hydrogen) atoms. The highest BCUT2D eigenvalue weighted by molar-refractivity contribution is 7.89. The molecule has 9 heteroatoms. The highest BCUT2D eigenvalue weighted by atomic mass is 32.2. The second-order valence-electron chi connectivity index (χ2n) is 5.63. The Kier molecular flexibility index (Phi) is 5.50. The van der Waals surface area contributed by atoms with Crippen molar-refractivity contribution in [3.63, 3.8) is 0 Å². The minimum Gasteiger partial charge on any atom is -0.453 e. The Bertz CT molecular complexity index is 885. The lowest BCUT2D eigenvalue weighted by Gasteiger charge is -2.25. The maximum Gasteiger partial charge on any atom is 0.355 e. The molecule has 0 amide bonds. The van der Waals surface area contributed by atoms with Crippen LogP contribution in [0.5, 0.6) is 0 Å². The highest BCUT2D eigenvalue weighted by Crippen LogP contribution is 2.18. The van der Waals surface area contributed by atoms with Gasteiger partial charge in [0.25, 0.3) is 0 Å². The molecule has 138 valence electrons. The van der Waals surface area contributed by atoms with Crippen molar-refractivity contribution in [3.05, 3.63) is 53.9 Å². The Labute approximate surface area is 150 Å². The van der Waals surface area contributed by atoms with Gasteiger partial charge in [0.05, 0.1) is 13.2 Å². The summed E-state index contributed by atoms with van der Waals surface area (Å²) in [5.41, 5.74) is 0.403. The molecule has 1 fully saturated rings. The summed E-state index contributed by atoms with van der Waals surface area (Å²) in [6.07, 6.45) is 1.24. The number of nitrogens with zero attached hydrogens (tertiary/aromatic N) is 1. The molecule has 0 saturated carbocycles. The summed E-state index contributed by atoms with van der Waals surface area (Å²) in [5, 5.41) is 0. The number of aromatic nitrogens is 1. The normalized spacial score (nSPS) is 15.5. The van der Waals surface area contributed by atoms with Crippen LogP contribution in [0.2, 0.25) is 0 Å². The second kappa shape index (κ2) is 7.81. The number of rotatable bonds is 6. The van der Waals surface area contributed by atoms with Crippen molar-refractivity contribution in [3.8, 4) is 0 Å². The number of ketones is 1. The monoisotopic (exact) mass is 378 g/mol. The SMILES string of the molecule is O=C(COC(=O)c1cc(S(=O)(=O)N2CCOCC2)c[nH]1)c1ccccc1. The Morgan fingerprint density at radius 3 is 2.54 bits per heavy atom. The molecule has 1 N–H and O–H groups in total. The predicted molar refractivity (Wildman–Crippen MR) is 91.4 cm³/mol. The fraction of sp³-hybridized carbons (Fsp3) is 0.294. The van der Waals surface area contributed by atoms with Crippen LogP contribution in [0.25, 0.3) is 0 Å². The molecule has 3 rings (SSSR count). The van der Waals surface area contributed by atoms with E-state index in [1.54, 1.807) is 30.3 Å². The van der Waals surface area contributed by atoms with Crippen molar-refractivity contribution in [2.45, 2.75) is 4.90 Å². The zero-order valence-corrected chi connectivity index (χ0v) is 14.7. The molecule has 0 bridgehead atoms. The third kappa shape index (κ3) is 4.01. The molecular weight excluding hydrogens is 360 g/mol. The number of hydrogen-bond donors (Lipinski definition) is 1. The summed E-state index contributed by atoms with van der Waals surface area (Å²) in [7, 11) is -3.70. The number of carbonyl (C=O) groups excluding carboxylic acids is 2. The molecule has 2 heterocycles. The van der Waals surface area contributed by atoms with Crippen LogP contribution < -0.4 is 0 Å². The van der Waals surface area contributed by atoms with E-state index in [0.29, 0.717) is 18.8 Å². The third-order valence-corrected chi connectivity index (χ3v) is 5.79. The number of aromatic amines is 1. The van der Waals surface area contributed by atoms with Crippen LogP contribution in [0.3, 0.4) is 0 Å². The van der Waals surface area contributed by atoms with Gasteiger partial charge in [0.1, 0.15) is 10.6 Å². The average Bonchev–Trinajstić information content (AvgIpc) is 3.18. The van der Waals surface area contributed by atoms with Crippen molar-refractivity contribution in [1.82, 2.24) is 9.29 Å². The van der Waals surface area contributed by atoms with Crippen LogP contribution >= 0.6 is 0 Å². The van der Waals surface area contributed by atoms with Crippen molar-refractivity contribution in [2.75, 3.05) is 32.9 Å². The summed E-state index contributed by atoms with van der Waals surface area (Å²) in [5.74, 6) is -1.13. The average molecular weight is 378 g/mol. The first-order chi connectivity index (χ1) is 12.5. The number of Topliss-reactive ketones (excluding diaryl/α,β-unsaturated/α-hetero) is 1. The standard InChI is InChI=1S/C17H18N2O6S/c20-16(13-4-2-1-3-5-13)12-25-17(21)15-10-14(11-18-15)26(22,23)19-6-8-24-9-7-19/h1-5,10-11,18H,6-9,12H2. The van der Waals surface area contributed by atoms with Gasteiger partial charge in [-0.05, 0) is 6.07 Å². The first kappa shape index (κ1) is 18.3. The molecule has 1 aromatic heterocycles. The molecule has 2 aromatic rings. The van der Waals surface area contributed by atoms with E-state index in [1.165, 1.54) is 16.6 Å². The number of morpholine rings is 1. The van der Waals surface area contributed by atoms with E-state index in [9.17, 15) is 18.0 Å². The van der Waals surface area contributed by atoms with E-state index in [-0.39, 0.29) is 29.5 Å². The maximum atomic E-state index is 12.5. The van der Waals surface area contributed by atoms with E-state index in [1.807, 2.05) is 0 Å². The second-order valence-corrected chi connectivity index (χ2v) is 7.57. The number of esters is 1. The minimum absolute atomic E-state index is 0.0271. The molecule has 1 aliphatic rings. The van der Waals surface area contributed by atoms with Gasteiger partial charge < -0.3 is 14.5 Å². The summed E-state index contributed by atoms with van der Waals surface area (Å²) in [6.45, 7) is 0.769. The van der Waals surface area contributed by atoms with Gasteiger partial charge in [-0.25, -0.2) is 13.2 Å². The molecule has 0 aliphatic carbocycles. The number of H-pyrrole nitrogens is 1. The fourth-order valence-electron chi connectivity index (χ4n) is 2.49. The molecule has 0 spiro atoms. The van der Waals surface area contributed by atoms with Gasteiger partial charge in [0.2, 0.25) is 10.0 Å². The first-order valence-electron chi connectivity index (χ1n) is 8.00. The lowest BCUT2D eigenvalue weighted by atomic mass is 10.1. The van der Waals surface area contributed by atoms with E-state index < -0.39 is 22.6 Å². The summed E-state index contributed by atoms with van der Waals surface area (Å²) in [6, 6.07) is 9.65. The lowest BCUT2D eigenvalue weighted by molar-refractivity contribution is 0.0469. The summed E-state index contributed by atoms with van der Waals surface area (Å²) >= 11 is 0. The van der Waals surface area contributed by atoms with E-state index in [0.717, 1.165) is 0 Å². The van der Waals surface area contributed by atoms with Crippen molar-refractivity contribution in [1.29, 1.82) is 0 Å². The zero-order chi connectivity index (χ0) is 18.6. The Balaban J connectivity index is 1.63. The molecule has 1 saturated heterocycles. The maximum absolute atomic E-state index is 12.5. The Hall–Kier alpha value is -2.49. The summed E-state index contributed by atoms with van der Waals surface area (Å²) in [4.78, 5) is 26.6. The van der Waals surface area contributed by atoms with E-state index >= 15 is 0 Å². The van der Waals surface area contributed by atoms with Gasteiger partial charge in [-0.3, -0.25) is 4.79 Å². The molecule has 1 aromatic carbocycles. The van der Waals surface area contributed by atoms with Gasteiger partial charge in [-0.15, -0.1) is 0 Å². The molecule has 1 aliphatic heterocycles. The quantitative estimate of drug-likeness (QED) is 0.595. The number of carbonyl (C=O) groups is 2. The largest absolute Gasteiger partial charge is 0.453 e. The molecule has 8 nitrogen and oxygen atoms in total. The molecular formula is C17H18N2O6S. The Morgan fingerprint density at radius 1 is 1.15 bits per heavy atom. The fourth-order valence-corrected chi connectivity index (χ4v) is 3.90. The van der Waals surface area contributed by atoms with E-state index in [4.69, 9.17) is 9.47 Å². The van der Waals surface area contributed by atoms with Gasteiger partial charge in [-0.2, -0.15) is 4.31 Å². The predicted octanol–water partition coefficient (Wildman–Crippen LogP) is 1.08. The van der Waals surface area contributed by atoms with Crippen molar-refractivity contribution in [2.24, 2.45) is 0 Å². The number of benzene rings is 1. The third-order valence-electron chi connectivity index (χ3n) is 3.91. The smallest absolute Gasteiger partial charge is 0.355 e. The minimum atomic E-state index is -3.70. The number of sulfonamides is 1. The van der Waals surface area contributed by atoms with Crippen LogP contribution in [-0.2, 0) is 19.5 Å².